The van der Waals surface area contributed by atoms with Gasteiger partial charge >= 0.3 is 0 Å². The van der Waals surface area contributed by atoms with Gasteiger partial charge in [0.25, 0.3) is 0 Å². The molecule has 0 spiro atoms. The lowest BCUT2D eigenvalue weighted by Crippen LogP contribution is -2.23. The van der Waals surface area contributed by atoms with E-state index in [0.717, 1.165) is 12.5 Å². The molecule has 0 saturated carbocycles. The van der Waals surface area contributed by atoms with E-state index in [1.807, 2.05) is 6.92 Å². The second-order valence-corrected chi connectivity index (χ2v) is 4.07. The van der Waals surface area contributed by atoms with Crippen LogP contribution in [-0.2, 0) is 4.74 Å². The Labute approximate surface area is 107 Å². The van der Waals surface area contributed by atoms with Gasteiger partial charge in [0.1, 0.15) is 11.6 Å². The van der Waals surface area contributed by atoms with Gasteiger partial charge in [0.05, 0.1) is 13.2 Å². The minimum absolute atomic E-state index is 0.113. The van der Waals surface area contributed by atoms with E-state index in [2.05, 4.69) is 11.9 Å². The average molecular weight is 255 g/mol. The smallest absolute Gasteiger partial charge is 0.126 e. The highest BCUT2D eigenvalue weighted by Gasteiger charge is 2.07. The Hall–Kier alpha value is -1.26. The Bertz CT molecular complexity index is 362. The molecule has 1 unspecified atom stereocenters. The van der Waals surface area contributed by atoms with Crippen LogP contribution in [0.1, 0.15) is 24.9 Å². The minimum atomic E-state index is -0.555. The predicted molar refractivity (Wildman–Crippen MR) is 68.4 cm³/mol. The zero-order valence-corrected chi connectivity index (χ0v) is 10.6. The summed E-state index contributed by atoms with van der Waals surface area (Å²) >= 11 is 0. The fraction of sp³-hybridized carbons (Fsp3) is 0.429. The monoisotopic (exact) mass is 255 g/mol. The second kappa shape index (κ2) is 7.95. The summed E-state index contributed by atoms with van der Waals surface area (Å²) in [6.07, 6.45) is 2.62. The van der Waals surface area contributed by atoms with Gasteiger partial charge in [0.15, 0.2) is 0 Å². The first kappa shape index (κ1) is 14.8. The molecule has 1 rings (SSSR count). The number of rotatable bonds is 8. The summed E-state index contributed by atoms with van der Waals surface area (Å²) in [5, 5.41) is 3.15. The van der Waals surface area contributed by atoms with E-state index in [0.29, 0.717) is 25.3 Å². The first-order valence-electron chi connectivity index (χ1n) is 6.01. The van der Waals surface area contributed by atoms with Crippen LogP contribution in [0.2, 0.25) is 0 Å². The van der Waals surface area contributed by atoms with Gasteiger partial charge in [-0.3, -0.25) is 0 Å². The van der Waals surface area contributed by atoms with Crippen LogP contribution >= 0.6 is 0 Å². The highest BCUT2D eigenvalue weighted by atomic mass is 19.1. The van der Waals surface area contributed by atoms with Crippen LogP contribution in [0.3, 0.4) is 0 Å². The van der Waals surface area contributed by atoms with E-state index in [-0.39, 0.29) is 6.04 Å². The summed E-state index contributed by atoms with van der Waals surface area (Å²) < 4.78 is 31.4. The molecule has 1 aromatic carbocycles. The van der Waals surface area contributed by atoms with Crippen molar-refractivity contribution in [3.05, 3.63) is 48.1 Å². The highest BCUT2D eigenvalue weighted by Crippen LogP contribution is 2.15. The van der Waals surface area contributed by atoms with E-state index >= 15 is 0 Å². The number of hydrogen-bond acceptors (Lipinski definition) is 2. The molecule has 100 valence electrons. The lowest BCUT2D eigenvalue weighted by atomic mass is 10.1. The summed E-state index contributed by atoms with van der Waals surface area (Å²) in [4.78, 5) is 0. The van der Waals surface area contributed by atoms with Crippen molar-refractivity contribution in [1.82, 2.24) is 5.32 Å². The Kier molecular flexibility index (Phi) is 6.54. The molecule has 0 aliphatic rings. The van der Waals surface area contributed by atoms with E-state index in [9.17, 15) is 8.78 Å². The summed E-state index contributed by atoms with van der Waals surface area (Å²) in [5.74, 6) is -1.11. The zero-order valence-electron chi connectivity index (χ0n) is 10.6. The van der Waals surface area contributed by atoms with E-state index in [1.54, 1.807) is 6.08 Å². The molecule has 4 heteroatoms. The number of hydrogen-bond donors (Lipinski definition) is 1. The average Bonchev–Trinajstić information content (AvgIpc) is 2.32. The van der Waals surface area contributed by atoms with Crippen molar-refractivity contribution in [2.45, 2.75) is 19.4 Å². The molecule has 0 aromatic heterocycles. The molecule has 0 saturated heterocycles. The van der Waals surface area contributed by atoms with Crippen LogP contribution in [0.5, 0.6) is 0 Å². The molecule has 0 fully saturated rings. The van der Waals surface area contributed by atoms with Gasteiger partial charge in [-0.2, -0.15) is 0 Å². The van der Waals surface area contributed by atoms with Crippen LogP contribution in [0, 0.1) is 11.6 Å². The van der Waals surface area contributed by atoms with Crippen LogP contribution in [0.4, 0.5) is 8.78 Å². The molecular formula is C14H19F2NO. The summed E-state index contributed by atoms with van der Waals surface area (Å²) in [6.45, 7) is 7.30. The third kappa shape index (κ3) is 5.38. The van der Waals surface area contributed by atoms with Crippen LogP contribution < -0.4 is 5.32 Å². The maximum absolute atomic E-state index is 13.0. The summed E-state index contributed by atoms with van der Waals surface area (Å²) in [6, 6.07) is 3.42. The van der Waals surface area contributed by atoms with Gasteiger partial charge in [-0.25, -0.2) is 8.78 Å². The normalized spacial score (nSPS) is 12.4. The Morgan fingerprint density at radius 2 is 1.94 bits per heavy atom. The van der Waals surface area contributed by atoms with Gasteiger partial charge in [-0.1, -0.05) is 6.08 Å². The zero-order chi connectivity index (χ0) is 13.4. The Balaban J connectivity index is 2.31. The van der Waals surface area contributed by atoms with E-state index in [1.165, 1.54) is 12.1 Å². The minimum Gasteiger partial charge on any atom is -0.380 e. The molecule has 0 aliphatic heterocycles. The molecule has 0 radical (unpaired) electrons. The largest absolute Gasteiger partial charge is 0.380 e. The second-order valence-electron chi connectivity index (χ2n) is 4.07. The quantitative estimate of drug-likeness (QED) is 0.569. The fourth-order valence-electron chi connectivity index (χ4n) is 1.56. The van der Waals surface area contributed by atoms with Crippen molar-refractivity contribution in [2.24, 2.45) is 0 Å². The molecule has 1 aromatic rings. The van der Waals surface area contributed by atoms with Crippen molar-refractivity contribution in [1.29, 1.82) is 0 Å². The maximum Gasteiger partial charge on any atom is 0.126 e. The van der Waals surface area contributed by atoms with E-state index < -0.39 is 11.6 Å². The molecule has 0 bridgehead atoms. The van der Waals surface area contributed by atoms with Gasteiger partial charge < -0.3 is 10.1 Å². The number of halogens is 2. The Morgan fingerprint density at radius 3 is 2.56 bits per heavy atom. The Morgan fingerprint density at radius 1 is 1.28 bits per heavy atom. The topological polar surface area (TPSA) is 21.3 Å². The van der Waals surface area contributed by atoms with E-state index in [4.69, 9.17) is 4.74 Å². The van der Waals surface area contributed by atoms with Gasteiger partial charge in [0.2, 0.25) is 0 Å². The first-order valence-corrected chi connectivity index (χ1v) is 6.01. The van der Waals surface area contributed by atoms with Crippen molar-refractivity contribution in [3.8, 4) is 0 Å². The van der Waals surface area contributed by atoms with Gasteiger partial charge in [-0.05, 0) is 31.0 Å². The van der Waals surface area contributed by atoms with Crippen LogP contribution in [0.15, 0.2) is 30.9 Å². The van der Waals surface area contributed by atoms with Gasteiger partial charge in [0, 0.05) is 18.7 Å². The molecule has 0 aliphatic carbocycles. The molecule has 1 atom stereocenters. The van der Waals surface area contributed by atoms with Gasteiger partial charge in [-0.15, -0.1) is 6.58 Å². The molecular weight excluding hydrogens is 236 g/mol. The third-order valence-electron chi connectivity index (χ3n) is 2.55. The van der Waals surface area contributed by atoms with Crippen LogP contribution in [0.25, 0.3) is 0 Å². The third-order valence-corrected chi connectivity index (χ3v) is 2.55. The first-order chi connectivity index (χ1) is 8.63. The highest BCUT2D eigenvalue weighted by molar-refractivity contribution is 5.20. The number of ether oxygens (including phenoxy) is 1. The molecule has 0 amide bonds. The standard InChI is InChI=1S/C14H19F2NO/c1-3-4-6-18-7-5-17-11(2)12-8-13(15)10-14(16)9-12/h3,8-11,17H,1,4-7H2,2H3. The SMILES string of the molecule is C=CCCOCCNC(C)c1cc(F)cc(F)c1. The molecule has 2 nitrogen and oxygen atoms in total. The summed E-state index contributed by atoms with van der Waals surface area (Å²) in [7, 11) is 0. The van der Waals surface area contributed by atoms with Crippen molar-refractivity contribution in [3.63, 3.8) is 0 Å². The number of benzene rings is 1. The number of nitrogens with one attached hydrogen (secondary N) is 1. The molecule has 1 N–H and O–H groups in total. The van der Waals surface area contributed by atoms with Crippen molar-refractivity contribution >= 4 is 0 Å². The molecule has 0 heterocycles. The maximum atomic E-state index is 13.0. The summed E-state index contributed by atoms with van der Waals surface area (Å²) in [5.41, 5.74) is 0.596. The van der Waals surface area contributed by atoms with Crippen molar-refractivity contribution < 1.29 is 13.5 Å². The lowest BCUT2D eigenvalue weighted by Gasteiger charge is -2.14. The molecule has 18 heavy (non-hydrogen) atoms. The fourth-order valence-corrected chi connectivity index (χ4v) is 1.56. The predicted octanol–water partition coefficient (Wildman–Crippen LogP) is 3.21. The van der Waals surface area contributed by atoms with Crippen molar-refractivity contribution in [2.75, 3.05) is 19.8 Å². The van der Waals surface area contributed by atoms with Crippen LogP contribution in [-0.4, -0.2) is 19.8 Å². The lowest BCUT2D eigenvalue weighted by molar-refractivity contribution is 0.138.